The minimum Gasteiger partial charge on any atom is -0.494 e. The second-order valence-corrected chi connectivity index (χ2v) is 10.3. The summed E-state index contributed by atoms with van der Waals surface area (Å²) < 4.78 is 9.94. The molecule has 0 aliphatic carbocycles. The van der Waals surface area contributed by atoms with Gasteiger partial charge in [0.05, 0.1) is 28.5 Å². The van der Waals surface area contributed by atoms with Crippen LogP contribution in [0.15, 0.2) is 81.7 Å². The van der Waals surface area contributed by atoms with E-state index in [9.17, 15) is 9.59 Å². The van der Waals surface area contributed by atoms with Crippen molar-refractivity contribution in [3.05, 3.63) is 114 Å². The summed E-state index contributed by atoms with van der Waals surface area (Å²) in [6, 6.07) is 18.3. The summed E-state index contributed by atoms with van der Waals surface area (Å²) >= 11 is 1.34. The van der Waals surface area contributed by atoms with Crippen LogP contribution in [-0.2, 0) is 11.8 Å². The predicted molar refractivity (Wildman–Crippen MR) is 151 cm³/mol. The molecule has 1 aliphatic heterocycles. The van der Waals surface area contributed by atoms with E-state index in [4.69, 9.17) is 9.73 Å². The summed E-state index contributed by atoms with van der Waals surface area (Å²) in [5.74, 6) is 0.440. The number of hydrogen-bond acceptors (Lipinski definition) is 5. The first-order valence-electron chi connectivity index (χ1n) is 12.5. The van der Waals surface area contributed by atoms with Gasteiger partial charge in [-0.1, -0.05) is 41.7 Å². The second kappa shape index (κ2) is 10.3. The summed E-state index contributed by atoms with van der Waals surface area (Å²) in [4.78, 5) is 32.9. The first kappa shape index (κ1) is 25.5. The SMILES string of the molecule is CCOc1ccc([C@H]2C(C(=O)Nc3ccccc3)=C(C)N=c3s/c(=C/c4cc(C)n(C)c4C)c(=O)n32)cc1. The first-order chi connectivity index (χ1) is 18.3. The van der Waals surface area contributed by atoms with Crippen molar-refractivity contribution in [3.8, 4) is 5.75 Å². The number of amides is 1. The lowest BCUT2D eigenvalue weighted by Gasteiger charge is -2.25. The predicted octanol–water partition coefficient (Wildman–Crippen LogP) is 4.23. The fraction of sp³-hybridized carbons (Fsp3) is 0.233. The minimum absolute atomic E-state index is 0.175. The Labute approximate surface area is 225 Å². The molecule has 0 bridgehead atoms. The highest BCUT2D eigenvalue weighted by atomic mass is 32.1. The number of benzene rings is 2. The summed E-state index contributed by atoms with van der Waals surface area (Å²) in [5, 5.41) is 2.98. The van der Waals surface area contributed by atoms with Gasteiger partial charge in [0.15, 0.2) is 4.80 Å². The highest BCUT2D eigenvalue weighted by Crippen LogP contribution is 2.31. The van der Waals surface area contributed by atoms with Crippen molar-refractivity contribution in [3.63, 3.8) is 0 Å². The smallest absolute Gasteiger partial charge is 0.271 e. The Morgan fingerprint density at radius 2 is 1.82 bits per heavy atom. The lowest BCUT2D eigenvalue weighted by atomic mass is 9.95. The number of ether oxygens (including phenoxy) is 1. The van der Waals surface area contributed by atoms with E-state index in [1.807, 2.05) is 95.4 Å². The van der Waals surface area contributed by atoms with Crippen LogP contribution in [0.25, 0.3) is 6.08 Å². The van der Waals surface area contributed by atoms with Crippen LogP contribution in [0.5, 0.6) is 5.75 Å². The number of fused-ring (bicyclic) bond motifs is 1. The third-order valence-corrected chi connectivity index (χ3v) is 7.89. The van der Waals surface area contributed by atoms with Crippen molar-refractivity contribution >= 4 is 29.0 Å². The van der Waals surface area contributed by atoms with Crippen LogP contribution in [0, 0.1) is 13.8 Å². The Balaban J connectivity index is 1.67. The number of anilines is 1. The standard InChI is InChI=1S/C30H30N4O3S/c1-6-37-24-14-12-21(13-15-24)27-26(28(35)32-23-10-8-7-9-11-23)19(3)31-30-34(27)29(36)25(38-30)17-22-16-18(2)33(5)20(22)4/h7-17,27H,6H2,1-5H3,(H,32,35)/b25-17+/t27-/m0/s1. The zero-order valence-electron chi connectivity index (χ0n) is 22.1. The molecule has 0 fully saturated rings. The Bertz CT molecular complexity index is 1720. The molecule has 7 nitrogen and oxygen atoms in total. The molecule has 4 aromatic rings. The van der Waals surface area contributed by atoms with Crippen molar-refractivity contribution in [1.82, 2.24) is 9.13 Å². The summed E-state index contributed by atoms with van der Waals surface area (Å²) in [6.07, 6.45) is 1.92. The number of carbonyl (C=O) groups is 1. The topological polar surface area (TPSA) is 77.6 Å². The minimum atomic E-state index is -0.633. The van der Waals surface area contributed by atoms with Crippen LogP contribution < -0.4 is 24.9 Å². The molecule has 2 aromatic heterocycles. The maximum absolute atomic E-state index is 13.9. The van der Waals surface area contributed by atoms with E-state index >= 15 is 0 Å². The highest BCUT2D eigenvalue weighted by molar-refractivity contribution is 7.07. The van der Waals surface area contributed by atoms with E-state index in [0.29, 0.717) is 32.9 Å². The lowest BCUT2D eigenvalue weighted by Crippen LogP contribution is -2.40. The number of hydrogen-bond donors (Lipinski definition) is 1. The monoisotopic (exact) mass is 526 g/mol. The number of nitrogens with zero attached hydrogens (tertiary/aromatic N) is 3. The average Bonchev–Trinajstić information content (AvgIpc) is 3.34. The third-order valence-electron chi connectivity index (χ3n) is 6.91. The van der Waals surface area contributed by atoms with E-state index in [2.05, 4.69) is 16.0 Å². The van der Waals surface area contributed by atoms with Gasteiger partial charge < -0.3 is 14.6 Å². The largest absolute Gasteiger partial charge is 0.494 e. The molecule has 5 rings (SSSR count). The first-order valence-corrected chi connectivity index (χ1v) is 13.3. The second-order valence-electron chi connectivity index (χ2n) is 9.29. The molecule has 1 N–H and O–H groups in total. The van der Waals surface area contributed by atoms with Crippen LogP contribution in [0.2, 0.25) is 0 Å². The van der Waals surface area contributed by atoms with Crippen molar-refractivity contribution in [2.75, 3.05) is 11.9 Å². The van der Waals surface area contributed by atoms with Gasteiger partial charge in [0.1, 0.15) is 5.75 Å². The molecule has 38 heavy (non-hydrogen) atoms. The van der Waals surface area contributed by atoms with Crippen molar-refractivity contribution in [1.29, 1.82) is 0 Å². The van der Waals surface area contributed by atoms with Gasteiger partial charge in [-0.3, -0.25) is 14.2 Å². The molecule has 1 atom stereocenters. The van der Waals surface area contributed by atoms with E-state index in [0.717, 1.165) is 28.3 Å². The molecule has 3 heterocycles. The summed E-state index contributed by atoms with van der Waals surface area (Å²) in [5.41, 5.74) is 5.51. The summed E-state index contributed by atoms with van der Waals surface area (Å²) in [6.45, 7) is 8.38. The van der Waals surface area contributed by atoms with Gasteiger partial charge in [-0.15, -0.1) is 0 Å². The quantitative estimate of drug-likeness (QED) is 0.409. The highest BCUT2D eigenvalue weighted by Gasteiger charge is 2.32. The molecule has 2 aromatic carbocycles. The molecule has 0 saturated heterocycles. The van der Waals surface area contributed by atoms with Crippen LogP contribution in [-0.4, -0.2) is 21.6 Å². The Morgan fingerprint density at radius 1 is 1.11 bits per heavy atom. The number of allylic oxidation sites excluding steroid dienone is 1. The van der Waals surface area contributed by atoms with Gasteiger partial charge in [-0.05, 0) is 75.2 Å². The Hall–Kier alpha value is -4.17. The number of nitrogens with one attached hydrogen (secondary N) is 1. The Kier molecular flexibility index (Phi) is 6.91. The van der Waals surface area contributed by atoms with Crippen LogP contribution in [0.3, 0.4) is 0 Å². The van der Waals surface area contributed by atoms with E-state index in [-0.39, 0.29) is 11.5 Å². The molecule has 194 valence electrons. The molecule has 8 heteroatoms. The molecule has 0 saturated carbocycles. The fourth-order valence-electron chi connectivity index (χ4n) is 4.73. The molecular formula is C30H30N4O3S. The molecule has 0 spiro atoms. The van der Waals surface area contributed by atoms with Crippen molar-refractivity contribution < 1.29 is 9.53 Å². The van der Waals surface area contributed by atoms with Gasteiger partial charge >= 0.3 is 0 Å². The van der Waals surface area contributed by atoms with E-state index in [1.165, 1.54) is 11.3 Å². The average molecular weight is 527 g/mol. The lowest BCUT2D eigenvalue weighted by molar-refractivity contribution is -0.113. The van der Waals surface area contributed by atoms with E-state index < -0.39 is 6.04 Å². The summed E-state index contributed by atoms with van der Waals surface area (Å²) in [7, 11) is 2.01. The number of carbonyl (C=O) groups excluding carboxylic acids is 1. The molecule has 0 unspecified atom stereocenters. The van der Waals surface area contributed by atoms with Crippen LogP contribution in [0.1, 0.15) is 42.4 Å². The molecule has 1 amide bonds. The maximum Gasteiger partial charge on any atom is 0.271 e. The van der Waals surface area contributed by atoms with Gasteiger partial charge in [0, 0.05) is 24.1 Å². The van der Waals surface area contributed by atoms with Crippen LogP contribution in [0.4, 0.5) is 5.69 Å². The fourth-order valence-corrected chi connectivity index (χ4v) is 5.77. The van der Waals surface area contributed by atoms with Crippen LogP contribution >= 0.6 is 11.3 Å². The normalized spacial score (nSPS) is 15.3. The van der Waals surface area contributed by atoms with Gasteiger partial charge in [0.2, 0.25) is 0 Å². The zero-order valence-corrected chi connectivity index (χ0v) is 22.9. The van der Waals surface area contributed by atoms with Gasteiger partial charge in [0.25, 0.3) is 11.5 Å². The number of para-hydroxylation sites is 1. The molecule has 0 radical (unpaired) electrons. The van der Waals surface area contributed by atoms with Gasteiger partial charge in [-0.2, -0.15) is 0 Å². The van der Waals surface area contributed by atoms with E-state index in [1.54, 1.807) is 4.57 Å². The molecule has 1 aliphatic rings. The number of aryl methyl sites for hydroxylation is 1. The van der Waals surface area contributed by atoms with Crippen molar-refractivity contribution in [2.24, 2.45) is 12.0 Å². The maximum atomic E-state index is 13.9. The number of rotatable bonds is 6. The van der Waals surface area contributed by atoms with Crippen molar-refractivity contribution in [2.45, 2.75) is 33.7 Å². The molecular weight excluding hydrogens is 496 g/mol. The van der Waals surface area contributed by atoms with Gasteiger partial charge in [-0.25, -0.2) is 4.99 Å². The number of thiazole rings is 1. The zero-order chi connectivity index (χ0) is 27.0. The third kappa shape index (κ3) is 4.63. The Morgan fingerprint density at radius 3 is 2.45 bits per heavy atom. The number of aromatic nitrogens is 2.